The molecule has 2 atom stereocenters. The van der Waals surface area contributed by atoms with Crippen molar-refractivity contribution in [2.24, 2.45) is 5.92 Å². The number of para-hydroxylation sites is 1. The summed E-state index contributed by atoms with van der Waals surface area (Å²) in [6.07, 6.45) is 1.45. The second-order valence-corrected chi connectivity index (χ2v) is 24.9. The fourth-order valence-electron chi connectivity index (χ4n) is 10.2. The van der Waals surface area contributed by atoms with Gasteiger partial charge in [0.05, 0.1) is 8.07 Å². The smallest absolute Gasteiger partial charge is 0.660 e. The molecule has 0 spiro atoms. The molecule has 72 heavy (non-hydrogen) atoms. The molecule has 0 aliphatic carbocycles. The van der Waals surface area contributed by atoms with E-state index in [2.05, 4.69) is 123 Å². The summed E-state index contributed by atoms with van der Waals surface area (Å²) in [5, 5.41) is 13.4. The van der Waals surface area contributed by atoms with Crippen LogP contribution in [-0.2, 0) is 20.1 Å². The Balaban J connectivity index is 0.000000225. The normalized spacial score (nSPS) is 14.4. The number of benzene rings is 9. The first kappa shape index (κ1) is 47.2. The summed E-state index contributed by atoms with van der Waals surface area (Å²) in [7, 11) is -1.55. The molecule has 0 bridgehead atoms. The van der Waals surface area contributed by atoms with Gasteiger partial charge in [-0.15, -0.1) is 52.7 Å². The van der Waals surface area contributed by atoms with Gasteiger partial charge < -0.3 is 19.6 Å². The van der Waals surface area contributed by atoms with Crippen LogP contribution >= 0.6 is 0 Å². The molecule has 2 aromatic heterocycles. The average molecular weight is 1130 g/mol. The third kappa shape index (κ3) is 8.74. The van der Waals surface area contributed by atoms with E-state index < -0.39 is 20.1 Å². The summed E-state index contributed by atoms with van der Waals surface area (Å²) in [5.74, 6) is -0.642. The van der Waals surface area contributed by atoms with E-state index in [1.165, 1.54) is 5.19 Å². The largest absolute Gasteiger partial charge is 3.00 e. The van der Waals surface area contributed by atoms with Crippen molar-refractivity contribution in [2.45, 2.75) is 59.4 Å². The minimum Gasteiger partial charge on any atom is -0.660 e. The van der Waals surface area contributed by atoms with E-state index in [9.17, 15) is 0 Å². The molecular formula is C65H55FIrN3OSi. The van der Waals surface area contributed by atoms with Gasteiger partial charge in [0, 0.05) is 46.4 Å². The fraction of sp³-hybridized carbons (Fsp3) is 0.154. The first-order valence-corrected chi connectivity index (χ1v) is 28.0. The maximum atomic E-state index is 16.4. The molecule has 2 unspecified atom stereocenters. The van der Waals surface area contributed by atoms with E-state index in [-0.39, 0.29) is 31.8 Å². The SMILES string of the molecule is Cc1c[c-]c(C2[N-]c3c(c4ccccc4c4ccccc34)N2c2cc(-c3ccccc3)c(F)cc2-c2ccccc2)c2oc3ccccc3c12.[2H]C(C)(c1cc(-c2[c-]cccc2)ncc1[Si](C)(C)C)C(C)C.[Ir+3]. The van der Waals surface area contributed by atoms with Crippen molar-refractivity contribution in [3.05, 3.63) is 228 Å². The molecule has 11 aromatic rings. The minimum atomic E-state index is -1.55. The van der Waals surface area contributed by atoms with Gasteiger partial charge in [0.25, 0.3) is 0 Å². The summed E-state index contributed by atoms with van der Waals surface area (Å²) < 4.78 is 31.9. The van der Waals surface area contributed by atoms with Crippen molar-refractivity contribution >= 4 is 73.8 Å². The average Bonchev–Trinajstić information content (AvgIpc) is 4.00. The molecule has 0 saturated heterocycles. The monoisotopic (exact) mass is 1130 g/mol. The van der Waals surface area contributed by atoms with Gasteiger partial charge in [-0.2, -0.15) is 12.1 Å². The standard InChI is InChI=1S/C46H29FN2O.C19H26NSi.Ir/c1-28-24-25-36(45-42(28)35-22-12-13-23-41(35)50-45)46-48-43-33-20-10-8-18-31(33)32-19-9-11-21-34(32)44(43)49(46)40-27-37(29-14-4-2-5-15-29)39(47)26-38(40)30-16-6-3-7-17-30;1-14(2)15(3)17-12-18(16-10-8-7-9-11-16)20-13-19(17)21(4,5)6;/h2-24,26-27,46H,1H3;7-10,12-15H,1-6H3;/q-2;-1;+3/i;15D;. The van der Waals surface area contributed by atoms with Gasteiger partial charge in [0.2, 0.25) is 0 Å². The number of anilines is 2. The summed E-state index contributed by atoms with van der Waals surface area (Å²) in [6, 6.07) is 67.6. The molecule has 12 rings (SSSR count). The molecule has 356 valence electrons. The zero-order chi connectivity index (χ0) is 49.9. The Labute approximate surface area is 438 Å². The number of nitrogens with zero attached hydrogens (tertiary/aromatic N) is 3. The molecule has 9 aromatic carbocycles. The van der Waals surface area contributed by atoms with Crippen LogP contribution < -0.4 is 10.1 Å². The Bertz CT molecular complexity index is 3820. The number of aromatic nitrogens is 1. The van der Waals surface area contributed by atoms with E-state index in [4.69, 9.17) is 11.1 Å². The molecule has 0 amide bonds. The summed E-state index contributed by atoms with van der Waals surface area (Å²) in [4.78, 5) is 6.97. The van der Waals surface area contributed by atoms with Crippen LogP contribution in [-0.4, -0.2) is 13.1 Å². The van der Waals surface area contributed by atoms with E-state index in [0.717, 1.165) is 105 Å². The molecule has 4 nitrogen and oxygen atoms in total. The number of aryl methyl sites for hydroxylation is 1. The first-order valence-electron chi connectivity index (χ1n) is 25.0. The molecule has 7 heteroatoms. The third-order valence-corrected chi connectivity index (χ3v) is 16.1. The van der Waals surface area contributed by atoms with Gasteiger partial charge in [-0.05, 0) is 74.3 Å². The maximum absolute atomic E-state index is 16.4. The van der Waals surface area contributed by atoms with Crippen LogP contribution in [0.15, 0.2) is 193 Å². The molecule has 1 aliphatic heterocycles. The number of fused-ring (bicyclic) bond motifs is 9. The van der Waals surface area contributed by atoms with Crippen molar-refractivity contribution in [3.8, 4) is 33.5 Å². The van der Waals surface area contributed by atoms with Crippen LogP contribution in [0.5, 0.6) is 0 Å². The van der Waals surface area contributed by atoms with E-state index in [1.807, 2.05) is 128 Å². The topological polar surface area (TPSA) is 43.4 Å². The predicted octanol–water partition coefficient (Wildman–Crippen LogP) is 18.2. The fourth-order valence-corrected chi connectivity index (χ4v) is 11.7. The van der Waals surface area contributed by atoms with E-state index in [0.29, 0.717) is 5.56 Å². The van der Waals surface area contributed by atoms with Crippen LogP contribution in [0.4, 0.5) is 21.5 Å². The number of rotatable bonds is 8. The number of furan rings is 1. The van der Waals surface area contributed by atoms with Gasteiger partial charge in [0.1, 0.15) is 11.4 Å². The van der Waals surface area contributed by atoms with Crippen LogP contribution in [0.25, 0.3) is 82.3 Å². The van der Waals surface area contributed by atoms with Crippen LogP contribution in [0.1, 0.15) is 50.9 Å². The second-order valence-electron chi connectivity index (χ2n) is 19.9. The van der Waals surface area contributed by atoms with Gasteiger partial charge in [-0.1, -0.05) is 192 Å². The Hall–Kier alpha value is -7.15. The zero-order valence-electron chi connectivity index (χ0n) is 42.5. The van der Waals surface area contributed by atoms with Crippen LogP contribution in [0, 0.1) is 30.8 Å². The molecule has 1 aliphatic rings. The van der Waals surface area contributed by atoms with Crippen molar-refractivity contribution < 1.29 is 30.3 Å². The number of hydrogen-bond acceptors (Lipinski definition) is 3. The van der Waals surface area contributed by atoms with Crippen molar-refractivity contribution in [1.29, 1.82) is 0 Å². The van der Waals surface area contributed by atoms with Crippen molar-refractivity contribution in [1.82, 2.24) is 4.98 Å². The van der Waals surface area contributed by atoms with E-state index in [1.54, 1.807) is 6.07 Å². The van der Waals surface area contributed by atoms with Gasteiger partial charge in [-0.3, -0.25) is 0 Å². The van der Waals surface area contributed by atoms with Gasteiger partial charge >= 0.3 is 20.1 Å². The maximum Gasteiger partial charge on any atom is 3.00 e. The van der Waals surface area contributed by atoms with Crippen molar-refractivity contribution in [2.75, 3.05) is 4.90 Å². The molecule has 0 saturated carbocycles. The Morgan fingerprint density at radius 1 is 0.694 bits per heavy atom. The first-order chi connectivity index (χ1) is 34.8. The number of pyridine rings is 1. The Kier molecular flexibility index (Phi) is 13.0. The molecule has 0 fully saturated rings. The predicted molar refractivity (Wildman–Crippen MR) is 299 cm³/mol. The number of halogens is 1. The Morgan fingerprint density at radius 3 is 1.94 bits per heavy atom. The molecule has 0 radical (unpaired) electrons. The summed E-state index contributed by atoms with van der Waals surface area (Å²) in [5.41, 5.74) is 12.3. The number of hydrogen-bond donors (Lipinski definition) is 0. The Morgan fingerprint density at radius 2 is 1.29 bits per heavy atom. The molecular weight excluding hydrogens is 1080 g/mol. The van der Waals surface area contributed by atoms with Crippen LogP contribution in [0.2, 0.25) is 19.6 Å². The van der Waals surface area contributed by atoms with Gasteiger partial charge in [-0.25, -0.2) is 4.39 Å². The molecule has 0 N–H and O–H groups in total. The van der Waals surface area contributed by atoms with Crippen LogP contribution in [0.3, 0.4) is 0 Å². The van der Waals surface area contributed by atoms with Gasteiger partial charge in [0.15, 0.2) is 0 Å². The second kappa shape index (κ2) is 19.8. The minimum absolute atomic E-state index is 0. The van der Waals surface area contributed by atoms with Crippen molar-refractivity contribution in [3.63, 3.8) is 0 Å². The summed E-state index contributed by atoms with van der Waals surface area (Å²) in [6.45, 7) is 15.3. The zero-order valence-corrected chi connectivity index (χ0v) is 44.9. The quantitative estimate of drug-likeness (QED) is 0.0865. The summed E-state index contributed by atoms with van der Waals surface area (Å²) >= 11 is 0. The third-order valence-electron chi connectivity index (χ3n) is 14.1. The van der Waals surface area contributed by atoms with E-state index >= 15 is 4.39 Å². The molecule has 3 heterocycles.